The monoisotopic (exact) mass is 399 g/mol. The molecule has 0 radical (unpaired) electrons. The molecule has 1 fully saturated rings. The van der Waals surface area contributed by atoms with E-state index < -0.39 is 6.10 Å². The van der Waals surface area contributed by atoms with Gasteiger partial charge in [0.2, 0.25) is 0 Å². The third kappa shape index (κ3) is 4.05. The topological polar surface area (TPSA) is 50.9 Å². The van der Waals surface area contributed by atoms with Gasteiger partial charge >= 0.3 is 0 Å². The second-order valence-electron chi connectivity index (χ2n) is 6.83. The number of thioether (sulfide) groups is 1. The van der Waals surface area contributed by atoms with Crippen molar-refractivity contribution in [3.8, 4) is 11.4 Å². The van der Waals surface area contributed by atoms with E-state index in [1.807, 2.05) is 54.6 Å². The van der Waals surface area contributed by atoms with Gasteiger partial charge in [-0.1, -0.05) is 78.7 Å². The maximum atomic E-state index is 10.5. The summed E-state index contributed by atoms with van der Waals surface area (Å²) in [6.45, 7) is 0. The molecule has 1 aliphatic rings. The van der Waals surface area contributed by atoms with Crippen LogP contribution in [0.1, 0.15) is 43.4 Å². The van der Waals surface area contributed by atoms with E-state index in [0.29, 0.717) is 16.8 Å². The van der Waals surface area contributed by atoms with E-state index in [-0.39, 0.29) is 0 Å². The maximum absolute atomic E-state index is 10.5. The van der Waals surface area contributed by atoms with Crippen molar-refractivity contribution in [1.82, 2.24) is 14.8 Å². The zero-order chi connectivity index (χ0) is 18.6. The van der Waals surface area contributed by atoms with Crippen LogP contribution >= 0.6 is 23.4 Å². The predicted molar refractivity (Wildman–Crippen MR) is 110 cm³/mol. The number of nitrogens with zero attached hydrogens (tertiary/aromatic N) is 3. The Labute approximate surface area is 168 Å². The van der Waals surface area contributed by atoms with Crippen LogP contribution in [0.25, 0.3) is 11.4 Å². The molecule has 4 rings (SSSR count). The minimum Gasteiger partial charge on any atom is -0.388 e. The smallest absolute Gasteiger partial charge is 0.191 e. The molecular weight excluding hydrogens is 378 g/mol. The summed E-state index contributed by atoms with van der Waals surface area (Å²) in [5.41, 5.74) is 1.83. The van der Waals surface area contributed by atoms with Crippen LogP contribution in [0.4, 0.5) is 0 Å². The summed E-state index contributed by atoms with van der Waals surface area (Å²) >= 11 is 7.98. The van der Waals surface area contributed by atoms with Crippen molar-refractivity contribution in [3.05, 3.63) is 65.2 Å². The lowest BCUT2D eigenvalue weighted by molar-refractivity contribution is 0.204. The molecule has 6 heteroatoms. The lowest BCUT2D eigenvalue weighted by Gasteiger charge is -2.18. The molecule has 2 aromatic carbocycles. The Morgan fingerprint density at radius 2 is 1.74 bits per heavy atom. The first-order valence-electron chi connectivity index (χ1n) is 9.29. The predicted octanol–water partition coefficient (Wildman–Crippen LogP) is 5.54. The second kappa shape index (κ2) is 8.46. The summed E-state index contributed by atoms with van der Waals surface area (Å²) in [6, 6.07) is 17.9. The fourth-order valence-corrected chi connectivity index (χ4v) is 4.81. The highest BCUT2D eigenvalue weighted by atomic mass is 35.5. The number of aliphatic hydroxyl groups is 1. The molecule has 3 aromatic rings. The van der Waals surface area contributed by atoms with Crippen LogP contribution in [-0.2, 0) is 0 Å². The number of aliphatic hydroxyl groups excluding tert-OH is 1. The lowest BCUT2D eigenvalue weighted by atomic mass is 10.1. The van der Waals surface area contributed by atoms with Crippen LogP contribution in [0.2, 0.25) is 5.02 Å². The maximum Gasteiger partial charge on any atom is 0.191 e. The average Bonchev–Trinajstić information content (AvgIpc) is 3.36. The number of benzene rings is 2. The highest BCUT2D eigenvalue weighted by Gasteiger charge is 2.26. The standard InChI is InChI=1S/C21H22ClN3OS/c22-18-13-7-6-12-17(18)20-23-24-21(25(20)16-10-4-5-11-16)27-14-19(26)15-8-2-1-3-9-15/h1-3,6-9,12-13,16,19,26H,4-5,10-11,14H2. The molecule has 140 valence electrons. The Kier molecular flexibility index (Phi) is 5.81. The minimum absolute atomic E-state index is 0.391. The molecule has 1 N–H and O–H groups in total. The number of halogens is 1. The number of hydrogen-bond donors (Lipinski definition) is 1. The van der Waals surface area contributed by atoms with Crippen molar-refractivity contribution in [2.24, 2.45) is 0 Å². The van der Waals surface area contributed by atoms with E-state index in [0.717, 1.165) is 34.9 Å². The van der Waals surface area contributed by atoms with Crippen molar-refractivity contribution in [2.45, 2.75) is 43.0 Å². The van der Waals surface area contributed by atoms with Gasteiger partial charge in [0.25, 0.3) is 0 Å². The van der Waals surface area contributed by atoms with Crippen molar-refractivity contribution in [1.29, 1.82) is 0 Å². The van der Waals surface area contributed by atoms with Crippen LogP contribution < -0.4 is 0 Å². The normalized spacial score (nSPS) is 15.9. The van der Waals surface area contributed by atoms with Crippen LogP contribution in [0, 0.1) is 0 Å². The molecule has 0 bridgehead atoms. The summed E-state index contributed by atoms with van der Waals surface area (Å²) in [5, 5.41) is 21.0. The van der Waals surface area contributed by atoms with Gasteiger partial charge in [-0.2, -0.15) is 0 Å². The fraction of sp³-hybridized carbons (Fsp3) is 0.333. The molecule has 27 heavy (non-hydrogen) atoms. The van der Waals surface area contributed by atoms with E-state index in [1.54, 1.807) is 11.8 Å². The zero-order valence-electron chi connectivity index (χ0n) is 15.0. The first-order valence-corrected chi connectivity index (χ1v) is 10.7. The fourth-order valence-electron chi connectivity index (χ4n) is 3.62. The molecule has 4 nitrogen and oxygen atoms in total. The first-order chi connectivity index (χ1) is 13.2. The SMILES string of the molecule is OC(CSc1nnc(-c2ccccc2Cl)n1C1CCCC1)c1ccccc1. The van der Waals surface area contributed by atoms with Gasteiger partial charge < -0.3 is 5.11 Å². The first kappa shape index (κ1) is 18.5. The summed E-state index contributed by atoms with van der Waals surface area (Å²) in [4.78, 5) is 0. The molecular formula is C21H22ClN3OS. The van der Waals surface area contributed by atoms with Gasteiger partial charge in [0.15, 0.2) is 11.0 Å². The lowest BCUT2D eigenvalue weighted by Crippen LogP contribution is -2.09. The molecule has 0 spiro atoms. The summed E-state index contributed by atoms with van der Waals surface area (Å²) in [7, 11) is 0. The Morgan fingerprint density at radius 1 is 1.04 bits per heavy atom. The largest absolute Gasteiger partial charge is 0.388 e. The summed E-state index contributed by atoms with van der Waals surface area (Å²) in [5.74, 6) is 1.36. The summed E-state index contributed by atoms with van der Waals surface area (Å²) in [6.07, 6.45) is 4.17. The van der Waals surface area contributed by atoms with Crippen molar-refractivity contribution < 1.29 is 5.11 Å². The Hall–Kier alpha value is -1.82. The van der Waals surface area contributed by atoms with Gasteiger partial charge in [-0.25, -0.2) is 0 Å². The van der Waals surface area contributed by atoms with E-state index in [1.165, 1.54) is 12.8 Å². The van der Waals surface area contributed by atoms with Crippen LogP contribution in [0.5, 0.6) is 0 Å². The van der Waals surface area contributed by atoms with Crippen LogP contribution in [0.3, 0.4) is 0 Å². The van der Waals surface area contributed by atoms with Gasteiger partial charge in [0.1, 0.15) is 0 Å². The molecule has 0 aliphatic heterocycles. The van der Waals surface area contributed by atoms with E-state index >= 15 is 0 Å². The zero-order valence-corrected chi connectivity index (χ0v) is 16.5. The number of rotatable bonds is 6. The van der Waals surface area contributed by atoms with Crippen LogP contribution in [-0.4, -0.2) is 25.6 Å². The van der Waals surface area contributed by atoms with E-state index in [9.17, 15) is 5.11 Å². The number of aromatic nitrogens is 3. The third-order valence-electron chi connectivity index (χ3n) is 5.02. The quantitative estimate of drug-likeness (QED) is 0.553. The van der Waals surface area contributed by atoms with Crippen molar-refractivity contribution in [3.63, 3.8) is 0 Å². The molecule has 1 aliphatic carbocycles. The molecule has 1 saturated carbocycles. The molecule has 0 amide bonds. The molecule has 1 heterocycles. The molecule has 1 atom stereocenters. The summed E-state index contributed by atoms with van der Waals surface area (Å²) < 4.78 is 2.23. The minimum atomic E-state index is -0.534. The average molecular weight is 400 g/mol. The highest BCUT2D eigenvalue weighted by Crippen LogP contribution is 2.38. The van der Waals surface area contributed by atoms with Gasteiger partial charge in [-0.05, 0) is 30.5 Å². The molecule has 1 aromatic heterocycles. The van der Waals surface area contributed by atoms with Gasteiger partial charge in [-0.3, -0.25) is 4.57 Å². The third-order valence-corrected chi connectivity index (χ3v) is 6.37. The molecule has 1 unspecified atom stereocenters. The highest BCUT2D eigenvalue weighted by molar-refractivity contribution is 7.99. The number of hydrogen-bond acceptors (Lipinski definition) is 4. The van der Waals surface area contributed by atoms with Gasteiger partial charge in [0.05, 0.1) is 11.1 Å². The molecule has 0 saturated heterocycles. The van der Waals surface area contributed by atoms with E-state index in [4.69, 9.17) is 11.6 Å². The van der Waals surface area contributed by atoms with Crippen molar-refractivity contribution >= 4 is 23.4 Å². The Balaban J connectivity index is 1.62. The Morgan fingerprint density at radius 3 is 2.48 bits per heavy atom. The van der Waals surface area contributed by atoms with Gasteiger partial charge in [0, 0.05) is 17.4 Å². The van der Waals surface area contributed by atoms with E-state index in [2.05, 4.69) is 14.8 Å². The Bertz CT molecular complexity index is 893. The second-order valence-corrected chi connectivity index (χ2v) is 8.23. The van der Waals surface area contributed by atoms with Crippen molar-refractivity contribution in [2.75, 3.05) is 5.75 Å². The van der Waals surface area contributed by atoms with Crippen LogP contribution in [0.15, 0.2) is 59.8 Å². The van der Waals surface area contributed by atoms with Gasteiger partial charge in [-0.15, -0.1) is 10.2 Å².